The van der Waals surface area contributed by atoms with Gasteiger partial charge in [-0.1, -0.05) is 23.8 Å². The second kappa shape index (κ2) is 10.3. The normalized spacial score (nSPS) is 23.4. The van der Waals surface area contributed by atoms with Crippen molar-refractivity contribution in [2.24, 2.45) is 5.92 Å². The molecule has 8 heteroatoms. The van der Waals surface area contributed by atoms with Gasteiger partial charge in [0.2, 0.25) is 5.91 Å². The maximum atomic E-state index is 13.9. The Morgan fingerprint density at radius 1 is 1.17 bits per heavy atom. The van der Waals surface area contributed by atoms with Crippen LogP contribution in [0.1, 0.15) is 55.4 Å². The first kappa shape index (κ1) is 23.7. The van der Waals surface area contributed by atoms with Gasteiger partial charge in [0.25, 0.3) is 5.91 Å². The van der Waals surface area contributed by atoms with E-state index in [4.69, 9.17) is 0 Å². The molecular formula is C27H32N4O3S. The lowest BCUT2D eigenvalue weighted by atomic mass is 9.73. The van der Waals surface area contributed by atoms with Gasteiger partial charge < -0.3 is 10.2 Å². The van der Waals surface area contributed by atoms with Crippen molar-refractivity contribution in [1.29, 1.82) is 0 Å². The molecule has 0 spiro atoms. The van der Waals surface area contributed by atoms with Crippen LogP contribution < -0.4 is 5.32 Å². The Balaban J connectivity index is 1.32. The average molecular weight is 493 g/mol. The lowest BCUT2D eigenvalue weighted by molar-refractivity contribution is -0.136. The summed E-state index contributed by atoms with van der Waals surface area (Å²) in [6.45, 7) is 1.54. The minimum Gasteiger partial charge on any atom is -0.342 e. The summed E-state index contributed by atoms with van der Waals surface area (Å²) in [7, 11) is 0. The number of nitrogens with one attached hydrogen (secondary N) is 1. The highest BCUT2D eigenvalue weighted by Gasteiger charge is 2.57. The maximum Gasteiger partial charge on any atom is 0.325 e. The Hall–Kier alpha value is -3.00. The molecule has 2 fully saturated rings. The molecule has 1 unspecified atom stereocenters. The molecule has 7 nitrogen and oxygen atoms in total. The summed E-state index contributed by atoms with van der Waals surface area (Å²) >= 11 is 1.63. The van der Waals surface area contributed by atoms with E-state index in [1.54, 1.807) is 29.8 Å². The molecule has 2 saturated heterocycles. The van der Waals surface area contributed by atoms with E-state index in [0.29, 0.717) is 50.9 Å². The maximum absolute atomic E-state index is 13.9. The lowest BCUT2D eigenvalue weighted by Crippen LogP contribution is -2.54. The van der Waals surface area contributed by atoms with Crippen LogP contribution >= 0.6 is 11.3 Å². The highest BCUT2D eigenvalue weighted by molar-refractivity contribution is 7.09. The van der Waals surface area contributed by atoms with Gasteiger partial charge in [-0.15, -0.1) is 11.3 Å². The van der Waals surface area contributed by atoms with Gasteiger partial charge in [0.15, 0.2) is 5.54 Å². The molecule has 1 atom stereocenters. The zero-order valence-electron chi connectivity index (χ0n) is 19.9. The van der Waals surface area contributed by atoms with Crippen molar-refractivity contribution in [2.75, 3.05) is 19.6 Å². The molecule has 2 aliphatic heterocycles. The van der Waals surface area contributed by atoms with Gasteiger partial charge in [-0.3, -0.25) is 19.5 Å². The number of rotatable bonds is 7. The third kappa shape index (κ3) is 4.76. The zero-order valence-corrected chi connectivity index (χ0v) is 20.8. The first-order valence-electron chi connectivity index (χ1n) is 12.6. The zero-order chi connectivity index (χ0) is 24.3. The van der Waals surface area contributed by atoms with Gasteiger partial charge in [0.05, 0.1) is 0 Å². The number of imide groups is 1. The van der Waals surface area contributed by atoms with Crippen molar-refractivity contribution in [2.45, 2.75) is 56.9 Å². The van der Waals surface area contributed by atoms with Gasteiger partial charge >= 0.3 is 6.03 Å². The quantitative estimate of drug-likeness (QED) is 0.462. The van der Waals surface area contributed by atoms with Crippen molar-refractivity contribution in [3.63, 3.8) is 0 Å². The molecule has 4 amide bonds. The van der Waals surface area contributed by atoms with Crippen LogP contribution in [-0.4, -0.2) is 52.3 Å². The monoisotopic (exact) mass is 492 g/mol. The Labute approximate surface area is 210 Å². The van der Waals surface area contributed by atoms with E-state index in [1.807, 2.05) is 28.5 Å². The second-order valence-corrected chi connectivity index (χ2v) is 10.7. The van der Waals surface area contributed by atoms with Crippen LogP contribution in [0.15, 0.2) is 53.7 Å². The number of carbonyl (C=O) groups excluding carboxylic acids is 3. The number of allylic oxidation sites excluding steroid dienone is 1. The fraction of sp³-hybridized carbons (Fsp3) is 0.481. The number of pyridine rings is 1. The van der Waals surface area contributed by atoms with Crippen LogP contribution in [0.4, 0.5) is 4.79 Å². The first-order chi connectivity index (χ1) is 17.1. The van der Waals surface area contributed by atoms with Crippen LogP contribution in [0.5, 0.6) is 0 Å². The van der Waals surface area contributed by atoms with E-state index in [9.17, 15) is 14.4 Å². The molecule has 184 valence electrons. The minimum atomic E-state index is -1.14. The fourth-order valence-corrected chi connectivity index (χ4v) is 6.41. The van der Waals surface area contributed by atoms with E-state index in [2.05, 4.69) is 16.4 Å². The number of piperidine rings is 1. The highest BCUT2D eigenvalue weighted by Crippen LogP contribution is 2.41. The smallest absolute Gasteiger partial charge is 0.325 e. The van der Waals surface area contributed by atoms with Gasteiger partial charge in [-0.25, -0.2) is 4.79 Å². The van der Waals surface area contributed by atoms with E-state index >= 15 is 0 Å². The van der Waals surface area contributed by atoms with E-state index in [-0.39, 0.29) is 23.8 Å². The predicted molar refractivity (Wildman–Crippen MR) is 135 cm³/mol. The number of urea groups is 1. The fourth-order valence-electron chi connectivity index (χ4n) is 5.71. The molecule has 0 aromatic carbocycles. The number of hydrogen-bond acceptors (Lipinski definition) is 5. The number of hydrogen-bond donors (Lipinski definition) is 1. The third-order valence-corrected chi connectivity index (χ3v) is 8.57. The summed E-state index contributed by atoms with van der Waals surface area (Å²) in [5.41, 5.74) is 0.839. The first-order valence-corrected chi connectivity index (χ1v) is 13.5. The molecule has 0 saturated carbocycles. The summed E-state index contributed by atoms with van der Waals surface area (Å²) in [5, 5.41) is 5.08. The molecule has 0 bridgehead atoms. The van der Waals surface area contributed by atoms with Crippen molar-refractivity contribution in [3.05, 3.63) is 64.1 Å². The standard InChI is InChI=1S/C27H32N4O3S/c32-24(18-20-6-2-1-3-7-20)30-14-10-21(11-15-30)27(22-8-4-13-28-19-22)25(33)31(26(34)29-27)16-12-23-9-5-17-35-23/h4-6,8-9,13,17,19,21H,1-3,7,10-12,14-16,18H2,(H,29,34). The molecular weight excluding hydrogens is 460 g/mol. The Morgan fingerprint density at radius 2 is 2.03 bits per heavy atom. The Kier molecular flexibility index (Phi) is 7.00. The van der Waals surface area contributed by atoms with Crippen LogP contribution in [-0.2, 0) is 21.5 Å². The van der Waals surface area contributed by atoms with Gasteiger partial charge in [0, 0.05) is 48.9 Å². The van der Waals surface area contributed by atoms with Crippen molar-refractivity contribution in [1.82, 2.24) is 20.1 Å². The number of likely N-dealkylation sites (tertiary alicyclic amines) is 1. The Bertz CT molecular complexity index is 1090. The average Bonchev–Trinajstić information content (AvgIpc) is 3.50. The minimum absolute atomic E-state index is 0.104. The largest absolute Gasteiger partial charge is 0.342 e. The summed E-state index contributed by atoms with van der Waals surface area (Å²) in [4.78, 5) is 48.6. The highest BCUT2D eigenvalue weighted by atomic mass is 32.1. The van der Waals surface area contributed by atoms with Crippen LogP contribution in [0.25, 0.3) is 0 Å². The summed E-state index contributed by atoms with van der Waals surface area (Å²) in [5.74, 6) is -0.136. The summed E-state index contributed by atoms with van der Waals surface area (Å²) in [6.07, 6.45) is 12.5. The summed E-state index contributed by atoms with van der Waals surface area (Å²) < 4.78 is 0. The third-order valence-electron chi connectivity index (χ3n) is 7.63. The van der Waals surface area contributed by atoms with Crippen LogP contribution in [0.2, 0.25) is 0 Å². The van der Waals surface area contributed by atoms with E-state index < -0.39 is 5.54 Å². The SMILES string of the molecule is O=C(CC1=CCCCC1)N1CCC(C2(c3cccnc3)NC(=O)N(CCc3cccs3)C2=O)CC1. The summed E-state index contributed by atoms with van der Waals surface area (Å²) in [6, 6.07) is 7.33. The molecule has 2 aromatic rings. The Morgan fingerprint density at radius 3 is 2.71 bits per heavy atom. The molecule has 4 heterocycles. The molecule has 35 heavy (non-hydrogen) atoms. The van der Waals surface area contributed by atoms with E-state index in [1.165, 1.54) is 23.3 Å². The lowest BCUT2D eigenvalue weighted by Gasteiger charge is -2.41. The predicted octanol–water partition coefficient (Wildman–Crippen LogP) is 4.26. The topological polar surface area (TPSA) is 82.6 Å². The molecule has 2 aromatic heterocycles. The molecule has 1 aliphatic carbocycles. The number of carbonyl (C=O) groups is 3. The van der Waals surface area contributed by atoms with E-state index in [0.717, 1.165) is 17.7 Å². The number of thiophene rings is 1. The number of amides is 4. The van der Waals surface area contributed by atoms with Crippen LogP contribution in [0.3, 0.4) is 0 Å². The van der Waals surface area contributed by atoms with Gasteiger partial charge in [0.1, 0.15) is 0 Å². The van der Waals surface area contributed by atoms with Crippen molar-refractivity contribution < 1.29 is 14.4 Å². The number of aromatic nitrogens is 1. The molecule has 1 N–H and O–H groups in total. The van der Waals surface area contributed by atoms with Gasteiger partial charge in [-0.05, 0) is 68.4 Å². The van der Waals surface area contributed by atoms with Crippen molar-refractivity contribution in [3.8, 4) is 0 Å². The molecule has 3 aliphatic rings. The van der Waals surface area contributed by atoms with Gasteiger partial charge in [-0.2, -0.15) is 0 Å². The van der Waals surface area contributed by atoms with Crippen molar-refractivity contribution >= 4 is 29.2 Å². The molecule has 5 rings (SSSR count). The molecule has 0 radical (unpaired) electrons. The number of nitrogens with zero attached hydrogens (tertiary/aromatic N) is 3. The van der Waals surface area contributed by atoms with Crippen LogP contribution in [0, 0.1) is 5.92 Å². The second-order valence-electron chi connectivity index (χ2n) is 9.71.